The van der Waals surface area contributed by atoms with Crippen LogP contribution in [0.2, 0.25) is 0 Å². The molecule has 1 rings (SSSR count). The van der Waals surface area contributed by atoms with Gasteiger partial charge >= 0.3 is 5.97 Å². The van der Waals surface area contributed by atoms with Crippen LogP contribution in [0.3, 0.4) is 0 Å². The average Bonchev–Trinajstić information content (AvgIpc) is 2.58. The second-order valence-corrected chi connectivity index (χ2v) is 6.61. The first kappa shape index (κ1) is 14.9. The minimum absolute atomic E-state index is 0.0856. The highest BCUT2D eigenvalue weighted by Crippen LogP contribution is 2.21. The Hall–Kier alpha value is -1.11. The summed E-state index contributed by atoms with van der Waals surface area (Å²) in [4.78, 5) is 22.5. The molecule has 6 nitrogen and oxygen atoms in total. The zero-order chi connectivity index (χ0) is 13.6. The molecule has 0 aromatic rings. The minimum atomic E-state index is -2.94. The summed E-state index contributed by atoms with van der Waals surface area (Å²) in [5, 5.41) is 2.59. The molecule has 1 unspecified atom stereocenters. The fourth-order valence-electron chi connectivity index (χ4n) is 1.90. The molecule has 0 radical (unpaired) electrons. The first-order valence-electron chi connectivity index (χ1n) is 6.05. The molecule has 0 saturated carbocycles. The third-order valence-corrected chi connectivity index (χ3v) is 4.59. The van der Waals surface area contributed by atoms with E-state index in [0.717, 1.165) is 0 Å². The maximum atomic E-state index is 11.5. The number of ether oxygens (including phenoxy) is 1. The molecule has 1 aliphatic heterocycles. The van der Waals surface area contributed by atoms with Crippen molar-refractivity contribution in [2.45, 2.75) is 26.2 Å². The topological polar surface area (TPSA) is 89.5 Å². The van der Waals surface area contributed by atoms with E-state index in [1.54, 1.807) is 6.92 Å². The van der Waals surface area contributed by atoms with E-state index < -0.39 is 9.84 Å². The molecule has 1 amide bonds. The fourth-order valence-corrected chi connectivity index (χ4v) is 3.77. The Morgan fingerprint density at radius 3 is 2.67 bits per heavy atom. The van der Waals surface area contributed by atoms with E-state index in [4.69, 9.17) is 4.74 Å². The van der Waals surface area contributed by atoms with Crippen molar-refractivity contribution in [1.82, 2.24) is 5.32 Å². The second-order valence-electron chi connectivity index (χ2n) is 4.38. The molecule has 0 aliphatic carbocycles. The maximum absolute atomic E-state index is 11.5. The number of amides is 1. The van der Waals surface area contributed by atoms with Crippen molar-refractivity contribution >= 4 is 21.7 Å². The van der Waals surface area contributed by atoms with Gasteiger partial charge in [0.2, 0.25) is 5.91 Å². The van der Waals surface area contributed by atoms with Crippen molar-refractivity contribution in [1.29, 1.82) is 0 Å². The van der Waals surface area contributed by atoms with Crippen LogP contribution in [-0.4, -0.2) is 45.0 Å². The predicted molar refractivity (Wildman–Crippen MR) is 65.6 cm³/mol. The Balaban J connectivity index is 2.17. The number of rotatable bonds is 6. The van der Waals surface area contributed by atoms with Crippen molar-refractivity contribution in [2.24, 2.45) is 5.92 Å². The van der Waals surface area contributed by atoms with Crippen LogP contribution in [-0.2, 0) is 24.2 Å². The van der Waals surface area contributed by atoms with Crippen molar-refractivity contribution in [2.75, 3.05) is 24.7 Å². The Bertz CT molecular complexity index is 404. The van der Waals surface area contributed by atoms with Crippen LogP contribution < -0.4 is 5.32 Å². The largest absolute Gasteiger partial charge is 0.466 e. The van der Waals surface area contributed by atoms with Crippen LogP contribution in [0.4, 0.5) is 0 Å². The maximum Gasteiger partial charge on any atom is 0.307 e. The van der Waals surface area contributed by atoms with Gasteiger partial charge in [-0.05, 0) is 19.3 Å². The Kier molecular flexibility index (Phi) is 5.58. The number of sulfone groups is 1. The number of esters is 1. The molecule has 1 saturated heterocycles. The fraction of sp³-hybridized carbons (Fsp3) is 0.818. The Labute approximate surface area is 107 Å². The summed E-state index contributed by atoms with van der Waals surface area (Å²) in [7, 11) is -2.94. The molecule has 18 heavy (non-hydrogen) atoms. The first-order valence-corrected chi connectivity index (χ1v) is 7.88. The molecule has 0 aromatic heterocycles. The van der Waals surface area contributed by atoms with Crippen LogP contribution >= 0.6 is 0 Å². The van der Waals surface area contributed by atoms with Gasteiger partial charge in [0.05, 0.1) is 24.5 Å². The van der Waals surface area contributed by atoms with E-state index in [-0.39, 0.29) is 48.7 Å². The molecule has 1 atom stereocenters. The van der Waals surface area contributed by atoms with Crippen LogP contribution in [0.15, 0.2) is 0 Å². The molecule has 7 heteroatoms. The van der Waals surface area contributed by atoms with Crippen LogP contribution in [0.5, 0.6) is 0 Å². The lowest BCUT2D eigenvalue weighted by Gasteiger charge is -2.08. The van der Waals surface area contributed by atoms with E-state index in [2.05, 4.69) is 5.32 Å². The summed E-state index contributed by atoms with van der Waals surface area (Å²) < 4.78 is 27.1. The SMILES string of the molecule is CCOC(=O)CCNC(=O)CC1CCS(=O)(=O)C1. The summed E-state index contributed by atoms with van der Waals surface area (Å²) in [6, 6.07) is 0. The summed E-state index contributed by atoms with van der Waals surface area (Å²) >= 11 is 0. The van der Waals surface area contributed by atoms with E-state index in [9.17, 15) is 18.0 Å². The van der Waals surface area contributed by atoms with E-state index in [0.29, 0.717) is 13.0 Å². The molecular weight excluding hydrogens is 258 g/mol. The number of carbonyl (C=O) groups excluding carboxylic acids is 2. The summed E-state index contributed by atoms with van der Waals surface area (Å²) in [6.45, 7) is 2.28. The zero-order valence-corrected chi connectivity index (χ0v) is 11.3. The highest BCUT2D eigenvalue weighted by atomic mass is 32.2. The van der Waals surface area contributed by atoms with Gasteiger partial charge < -0.3 is 10.1 Å². The van der Waals surface area contributed by atoms with E-state index in [1.807, 2.05) is 0 Å². The standard InChI is InChI=1S/C11H19NO5S/c1-2-17-11(14)3-5-12-10(13)7-9-4-6-18(15,16)8-9/h9H,2-8H2,1H3,(H,12,13). The number of nitrogens with one attached hydrogen (secondary N) is 1. The smallest absolute Gasteiger partial charge is 0.307 e. The summed E-state index contributed by atoms with van der Waals surface area (Å²) in [5.41, 5.74) is 0. The van der Waals surface area contributed by atoms with Gasteiger partial charge in [-0.2, -0.15) is 0 Å². The Morgan fingerprint density at radius 1 is 1.39 bits per heavy atom. The van der Waals surface area contributed by atoms with Crippen molar-refractivity contribution in [3.63, 3.8) is 0 Å². The zero-order valence-electron chi connectivity index (χ0n) is 10.5. The van der Waals surface area contributed by atoms with Gasteiger partial charge in [-0.1, -0.05) is 0 Å². The molecule has 104 valence electrons. The molecule has 1 N–H and O–H groups in total. The molecular formula is C11H19NO5S. The molecule has 0 spiro atoms. The highest BCUT2D eigenvalue weighted by Gasteiger charge is 2.29. The number of carbonyl (C=O) groups is 2. The van der Waals surface area contributed by atoms with E-state index >= 15 is 0 Å². The van der Waals surface area contributed by atoms with Gasteiger partial charge in [0.15, 0.2) is 9.84 Å². The summed E-state index contributed by atoms with van der Waals surface area (Å²) in [6.07, 6.45) is 0.901. The predicted octanol–water partition coefficient (Wildman–Crippen LogP) is -0.119. The second kappa shape index (κ2) is 6.72. The van der Waals surface area contributed by atoms with Crippen molar-refractivity contribution < 1.29 is 22.7 Å². The van der Waals surface area contributed by atoms with E-state index in [1.165, 1.54) is 0 Å². The van der Waals surface area contributed by atoms with Gasteiger partial charge in [-0.15, -0.1) is 0 Å². The van der Waals surface area contributed by atoms with Crippen molar-refractivity contribution in [3.8, 4) is 0 Å². The average molecular weight is 277 g/mol. The minimum Gasteiger partial charge on any atom is -0.466 e. The van der Waals surface area contributed by atoms with Gasteiger partial charge in [-0.3, -0.25) is 9.59 Å². The number of hydrogen-bond donors (Lipinski definition) is 1. The lowest BCUT2D eigenvalue weighted by Crippen LogP contribution is -2.28. The third-order valence-electron chi connectivity index (χ3n) is 2.76. The molecule has 1 heterocycles. The molecule has 1 fully saturated rings. The summed E-state index contributed by atoms with van der Waals surface area (Å²) in [5.74, 6) is -0.369. The lowest BCUT2D eigenvalue weighted by molar-refractivity contribution is -0.143. The third kappa shape index (κ3) is 5.48. The Morgan fingerprint density at radius 2 is 2.11 bits per heavy atom. The molecule has 1 aliphatic rings. The van der Waals surface area contributed by atoms with Gasteiger partial charge in [0.25, 0.3) is 0 Å². The van der Waals surface area contributed by atoms with Gasteiger partial charge in [-0.25, -0.2) is 8.42 Å². The quantitative estimate of drug-likeness (QED) is 0.684. The lowest BCUT2D eigenvalue weighted by atomic mass is 10.1. The monoisotopic (exact) mass is 277 g/mol. The first-order chi connectivity index (χ1) is 8.43. The molecule has 0 aromatic carbocycles. The van der Waals surface area contributed by atoms with Gasteiger partial charge in [0, 0.05) is 13.0 Å². The van der Waals surface area contributed by atoms with Crippen LogP contribution in [0, 0.1) is 5.92 Å². The molecule has 0 bridgehead atoms. The van der Waals surface area contributed by atoms with Crippen molar-refractivity contribution in [3.05, 3.63) is 0 Å². The number of hydrogen-bond acceptors (Lipinski definition) is 5. The van der Waals surface area contributed by atoms with Crippen LogP contribution in [0.25, 0.3) is 0 Å². The van der Waals surface area contributed by atoms with Gasteiger partial charge in [0.1, 0.15) is 0 Å². The van der Waals surface area contributed by atoms with Crippen LogP contribution in [0.1, 0.15) is 26.2 Å². The highest BCUT2D eigenvalue weighted by molar-refractivity contribution is 7.91. The normalized spacial score (nSPS) is 21.5.